The van der Waals surface area contributed by atoms with Crippen molar-refractivity contribution in [3.8, 4) is 0 Å². The highest BCUT2D eigenvalue weighted by molar-refractivity contribution is 9.10. The molecule has 1 aliphatic heterocycles. The zero-order valence-electron chi connectivity index (χ0n) is 8.39. The smallest absolute Gasteiger partial charge is 0.199 e. The van der Waals surface area contributed by atoms with Crippen LogP contribution in [0.1, 0.15) is 6.42 Å². The Balaban J connectivity index is 0.00000128. The molecule has 7 heteroatoms. The van der Waals surface area contributed by atoms with E-state index < -0.39 is 9.84 Å². The molecule has 0 saturated carbocycles. The van der Waals surface area contributed by atoms with E-state index in [0.29, 0.717) is 17.6 Å². The van der Waals surface area contributed by atoms with Gasteiger partial charge in [-0.1, -0.05) is 6.07 Å². The molecule has 2 heterocycles. The van der Waals surface area contributed by atoms with Crippen LogP contribution in [0.15, 0.2) is 27.8 Å². The molecule has 4 nitrogen and oxygen atoms in total. The van der Waals surface area contributed by atoms with E-state index in [2.05, 4.69) is 26.2 Å². The summed E-state index contributed by atoms with van der Waals surface area (Å²) in [5, 5.41) is 2.87. The van der Waals surface area contributed by atoms with Gasteiger partial charge in [0.2, 0.25) is 0 Å². The monoisotopic (exact) mass is 326 g/mol. The van der Waals surface area contributed by atoms with Gasteiger partial charge in [0, 0.05) is 6.54 Å². The first-order chi connectivity index (χ1) is 7.10. The number of halogens is 2. The van der Waals surface area contributed by atoms with Gasteiger partial charge in [-0.05, 0) is 41.0 Å². The average Bonchev–Trinajstić information content (AvgIpc) is 2.71. The second-order valence-corrected chi connectivity index (χ2v) is 6.45. The summed E-state index contributed by atoms with van der Waals surface area (Å²) < 4.78 is 24.7. The maximum Gasteiger partial charge on any atom is 0.199 e. The number of hydrogen-bond donors (Lipinski definition) is 1. The van der Waals surface area contributed by atoms with Crippen molar-refractivity contribution in [1.29, 1.82) is 0 Å². The van der Waals surface area contributed by atoms with E-state index in [1.165, 1.54) is 0 Å². The van der Waals surface area contributed by atoms with Crippen molar-refractivity contribution < 1.29 is 8.42 Å². The third kappa shape index (κ3) is 2.74. The van der Waals surface area contributed by atoms with E-state index in [-0.39, 0.29) is 22.7 Å². The van der Waals surface area contributed by atoms with Crippen LogP contribution >= 0.6 is 28.3 Å². The van der Waals surface area contributed by atoms with E-state index in [4.69, 9.17) is 0 Å². The number of sulfone groups is 1. The molecule has 1 aromatic heterocycles. The summed E-state index contributed by atoms with van der Waals surface area (Å²) in [6.07, 6.45) is 0.663. The van der Waals surface area contributed by atoms with E-state index in [1.807, 2.05) is 0 Å². The molecule has 1 atom stereocenters. The van der Waals surface area contributed by atoms with Crippen molar-refractivity contribution >= 4 is 38.2 Å². The van der Waals surface area contributed by atoms with Gasteiger partial charge in [0.15, 0.2) is 14.9 Å². The van der Waals surface area contributed by atoms with Gasteiger partial charge in [0.25, 0.3) is 0 Å². The van der Waals surface area contributed by atoms with Gasteiger partial charge in [-0.2, -0.15) is 0 Å². The lowest BCUT2D eigenvalue weighted by Crippen LogP contribution is -2.24. The van der Waals surface area contributed by atoms with Gasteiger partial charge in [0.05, 0.1) is 5.25 Å². The van der Waals surface area contributed by atoms with Crippen LogP contribution in [0.5, 0.6) is 0 Å². The van der Waals surface area contributed by atoms with Crippen LogP contribution in [0, 0.1) is 0 Å². The standard InChI is InChI=1S/C9H11BrN2O2S.ClH/c10-8-2-1-3-9(12-8)15(13,14)7-4-5-11-6-7;/h1-3,7,11H,4-6H2;1H/t7-;/m1./s1. The fourth-order valence-electron chi connectivity index (χ4n) is 1.61. The molecule has 0 aromatic carbocycles. The quantitative estimate of drug-likeness (QED) is 0.834. The molecule has 2 rings (SSSR count). The minimum Gasteiger partial charge on any atom is -0.315 e. The fraction of sp³-hybridized carbons (Fsp3) is 0.444. The molecule has 1 saturated heterocycles. The molecule has 0 spiro atoms. The van der Waals surface area contributed by atoms with Crippen LogP contribution in [0.4, 0.5) is 0 Å². The Labute approximate surface area is 109 Å². The van der Waals surface area contributed by atoms with E-state index in [0.717, 1.165) is 6.54 Å². The van der Waals surface area contributed by atoms with Gasteiger partial charge in [-0.25, -0.2) is 13.4 Å². The average molecular weight is 328 g/mol. The van der Waals surface area contributed by atoms with Crippen LogP contribution in [0.3, 0.4) is 0 Å². The lowest BCUT2D eigenvalue weighted by Gasteiger charge is -2.09. The third-order valence-corrected chi connectivity index (χ3v) is 4.97. The summed E-state index contributed by atoms with van der Waals surface area (Å²) >= 11 is 3.17. The largest absolute Gasteiger partial charge is 0.315 e. The van der Waals surface area contributed by atoms with Crippen molar-refractivity contribution in [2.24, 2.45) is 0 Å². The SMILES string of the molecule is Cl.O=S(=O)(c1cccc(Br)n1)[C@@H]1CCNC1. The zero-order valence-corrected chi connectivity index (χ0v) is 11.6. The van der Waals surface area contributed by atoms with Gasteiger partial charge >= 0.3 is 0 Å². The molecule has 1 aromatic rings. The highest BCUT2D eigenvalue weighted by Gasteiger charge is 2.31. The lowest BCUT2D eigenvalue weighted by atomic mass is 10.4. The predicted octanol–water partition coefficient (Wildman–Crippen LogP) is 1.40. The summed E-state index contributed by atoms with van der Waals surface area (Å²) in [4.78, 5) is 3.99. The van der Waals surface area contributed by atoms with Crippen molar-refractivity contribution in [3.63, 3.8) is 0 Å². The van der Waals surface area contributed by atoms with Crippen molar-refractivity contribution in [1.82, 2.24) is 10.3 Å². The molecule has 90 valence electrons. The normalized spacial score (nSPS) is 20.4. The highest BCUT2D eigenvalue weighted by Crippen LogP contribution is 2.19. The molecular weight excluding hydrogens is 316 g/mol. The van der Waals surface area contributed by atoms with Gasteiger partial charge in [-0.3, -0.25) is 0 Å². The molecule has 1 fully saturated rings. The summed E-state index contributed by atoms with van der Waals surface area (Å²) in [7, 11) is -3.26. The first-order valence-corrected chi connectivity index (χ1v) is 7.02. The minimum absolute atomic E-state index is 0. The predicted molar refractivity (Wildman–Crippen MR) is 67.6 cm³/mol. The number of pyridine rings is 1. The highest BCUT2D eigenvalue weighted by atomic mass is 79.9. The molecule has 1 N–H and O–H groups in total. The van der Waals surface area contributed by atoms with E-state index in [1.54, 1.807) is 18.2 Å². The van der Waals surface area contributed by atoms with Crippen LogP contribution in [-0.4, -0.2) is 31.7 Å². The first kappa shape index (κ1) is 13.9. The molecule has 0 aliphatic carbocycles. The second kappa shape index (κ2) is 5.44. The third-order valence-electron chi connectivity index (χ3n) is 2.43. The van der Waals surface area contributed by atoms with E-state index in [9.17, 15) is 8.42 Å². The maximum atomic E-state index is 12.1. The Morgan fingerprint density at radius 2 is 2.19 bits per heavy atom. The van der Waals surface area contributed by atoms with E-state index >= 15 is 0 Å². The van der Waals surface area contributed by atoms with Gasteiger partial charge in [-0.15, -0.1) is 12.4 Å². The van der Waals surface area contributed by atoms with Crippen molar-refractivity contribution in [2.75, 3.05) is 13.1 Å². The summed E-state index contributed by atoms with van der Waals surface area (Å²) in [5.74, 6) is 0. The number of nitrogens with zero attached hydrogens (tertiary/aromatic N) is 1. The van der Waals surface area contributed by atoms with Crippen LogP contribution in [0.25, 0.3) is 0 Å². The Kier molecular flexibility index (Phi) is 4.73. The molecule has 0 unspecified atom stereocenters. The molecule has 0 bridgehead atoms. The van der Waals surface area contributed by atoms with Crippen molar-refractivity contribution in [3.05, 3.63) is 22.8 Å². The lowest BCUT2D eigenvalue weighted by molar-refractivity contribution is 0.579. The Hall–Kier alpha value is -0.170. The first-order valence-electron chi connectivity index (χ1n) is 4.68. The molecule has 0 amide bonds. The topological polar surface area (TPSA) is 59.1 Å². The molecular formula is C9H12BrClN2O2S. The second-order valence-electron chi connectivity index (χ2n) is 3.46. The zero-order chi connectivity index (χ0) is 10.9. The molecule has 0 radical (unpaired) electrons. The minimum atomic E-state index is -3.26. The summed E-state index contributed by atoms with van der Waals surface area (Å²) in [5.41, 5.74) is 0. The van der Waals surface area contributed by atoms with Gasteiger partial charge < -0.3 is 5.32 Å². The molecule has 1 aliphatic rings. The fourth-order valence-corrected chi connectivity index (χ4v) is 3.67. The molecule has 16 heavy (non-hydrogen) atoms. The summed E-state index contributed by atoms with van der Waals surface area (Å²) in [6.45, 7) is 1.29. The number of nitrogens with one attached hydrogen (secondary N) is 1. The summed E-state index contributed by atoms with van der Waals surface area (Å²) in [6, 6.07) is 4.94. The van der Waals surface area contributed by atoms with Crippen LogP contribution in [-0.2, 0) is 9.84 Å². The van der Waals surface area contributed by atoms with Crippen molar-refractivity contribution in [2.45, 2.75) is 16.7 Å². The number of rotatable bonds is 2. The Morgan fingerprint density at radius 3 is 2.75 bits per heavy atom. The van der Waals surface area contributed by atoms with Gasteiger partial charge in [0.1, 0.15) is 4.60 Å². The maximum absolute atomic E-state index is 12.1. The van der Waals surface area contributed by atoms with Crippen LogP contribution < -0.4 is 5.32 Å². The number of aromatic nitrogens is 1. The van der Waals surface area contributed by atoms with Crippen LogP contribution in [0.2, 0.25) is 0 Å². The Bertz CT molecular complexity index is 460. The number of hydrogen-bond acceptors (Lipinski definition) is 4. The Morgan fingerprint density at radius 1 is 1.44 bits per heavy atom.